The Balaban J connectivity index is 4.37. The average molecular weight is 245 g/mol. The van der Waals surface area contributed by atoms with Gasteiger partial charge in [0, 0.05) is 12.6 Å². The van der Waals surface area contributed by atoms with Crippen LogP contribution in [0, 0.1) is 11.8 Å². The minimum absolute atomic E-state index is 0.0323. The van der Waals surface area contributed by atoms with Crippen LogP contribution in [0.5, 0.6) is 0 Å². The lowest BCUT2D eigenvalue weighted by molar-refractivity contribution is 0.0466. The van der Waals surface area contributed by atoms with E-state index in [4.69, 9.17) is 4.74 Å². The summed E-state index contributed by atoms with van der Waals surface area (Å²) in [4.78, 5) is 11.7. The predicted octanol–water partition coefficient (Wildman–Crippen LogP) is 2.55. The van der Waals surface area contributed by atoms with Crippen LogP contribution in [0.3, 0.4) is 0 Å². The molecule has 17 heavy (non-hydrogen) atoms. The van der Waals surface area contributed by atoms with Gasteiger partial charge >= 0.3 is 6.09 Å². The molecule has 0 aliphatic rings. The van der Waals surface area contributed by atoms with Crippen molar-refractivity contribution >= 4 is 6.09 Å². The van der Waals surface area contributed by atoms with Gasteiger partial charge in [0.2, 0.25) is 0 Å². The molecule has 0 bridgehead atoms. The molecule has 0 aliphatic carbocycles. The van der Waals surface area contributed by atoms with Crippen LogP contribution in [0.1, 0.15) is 48.0 Å². The van der Waals surface area contributed by atoms with Gasteiger partial charge in [-0.3, -0.25) is 0 Å². The molecule has 2 unspecified atom stereocenters. The molecule has 102 valence electrons. The highest BCUT2D eigenvalue weighted by molar-refractivity contribution is 5.68. The topological polar surface area (TPSA) is 58.6 Å². The number of nitrogens with one attached hydrogen (secondary N) is 1. The molecule has 0 saturated carbocycles. The molecular weight excluding hydrogens is 218 g/mol. The third-order valence-corrected chi connectivity index (χ3v) is 2.40. The van der Waals surface area contributed by atoms with E-state index in [-0.39, 0.29) is 18.6 Å². The zero-order chi connectivity index (χ0) is 13.6. The molecule has 0 spiro atoms. The molecular formula is C13H27NO3. The lowest BCUT2D eigenvalue weighted by Crippen LogP contribution is -2.44. The average Bonchev–Trinajstić information content (AvgIpc) is 2.11. The summed E-state index contributed by atoms with van der Waals surface area (Å²) < 4.78 is 5.21. The van der Waals surface area contributed by atoms with E-state index in [0.29, 0.717) is 5.92 Å². The second kappa shape index (κ2) is 6.84. The van der Waals surface area contributed by atoms with Crippen LogP contribution < -0.4 is 5.32 Å². The number of amides is 1. The van der Waals surface area contributed by atoms with Gasteiger partial charge in [0.25, 0.3) is 0 Å². The second-order valence-electron chi connectivity index (χ2n) is 6.04. The maximum atomic E-state index is 11.7. The first-order valence-electron chi connectivity index (χ1n) is 6.26. The van der Waals surface area contributed by atoms with Crippen molar-refractivity contribution in [2.24, 2.45) is 11.8 Å². The Bertz CT molecular complexity index is 233. The van der Waals surface area contributed by atoms with E-state index in [2.05, 4.69) is 19.2 Å². The fraction of sp³-hybridized carbons (Fsp3) is 0.923. The maximum absolute atomic E-state index is 11.7. The van der Waals surface area contributed by atoms with Crippen molar-refractivity contribution in [1.29, 1.82) is 0 Å². The first-order chi connectivity index (χ1) is 7.65. The fourth-order valence-corrected chi connectivity index (χ4v) is 1.53. The molecule has 4 nitrogen and oxygen atoms in total. The van der Waals surface area contributed by atoms with E-state index in [1.165, 1.54) is 0 Å². The largest absolute Gasteiger partial charge is 0.444 e. The van der Waals surface area contributed by atoms with Gasteiger partial charge in [0.05, 0.1) is 0 Å². The van der Waals surface area contributed by atoms with Crippen LogP contribution in [0.15, 0.2) is 0 Å². The van der Waals surface area contributed by atoms with Crippen molar-refractivity contribution in [3.05, 3.63) is 0 Å². The number of carbonyl (C=O) groups is 1. The van der Waals surface area contributed by atoms with Crippen molar-refractivity contribution in [2.75, 3.05) is 6.61 Å². The van der Waals surface area contributed by atoms with Gasteiger partial charge in [-0.05, 0) is 39.0 Å². The standard InChI is InChI=1S/C13H27NO3/c1-9(2)7-11(10(3)8-15)14-12(16)17-13(4,5)6/h9-11,15H,7-8H2,1-6H3,(H,14,16). The fourth-order valence-electron chi connectivity index (χ4n) is 1.53. The van der Waals surface area contributed by atoms with Crippen molar-refractivity contribution in [3.8, 4) is 0 Å². The molecule has 0 aromatic rings. The van der Waals surface area contributed by atoms with Gasteiger partial charge < -0.3 is 15.2 Å². The highest BCUT2D eigenvalue weighted by Crippen LogP contribution is 2.14. The number of ether oxygens (including phenoxy) is 1. The number of hydrogen-bond acceptors (Lipinski definition) is 3. The Labute approximate surface area is 105 Å². The van der Waals surface area contributed by atoms with Crippen LogP contribution in [0.2, 0.25) is 0 Å². The molecule has 0 aliphatic heterocycles. The molecule has 2 N–H and O–H groups in total. The summed E-state index contributed by atoms with van der Waals surface area (Å²) in [6.07, 6.45) is 0.421. The summed E-state index contributed by atoms with van der Waals surface area (Å²) in [5.41, 5.74) is -0.491. The quantitative estimate of drug-likeness (QED) is 0.782. The summed E-state index contributed by atoms with van der Waals surface area (Å²) >= 11 is 0. The Hall–Kier alpha value is -0.770. The minimum atomic E-state index is -0.491. The van der Waals surface area contributed by atoms with Crippen LogP contribution in [-0.4, -0.2) is 29.4 Å². The third kappa shape index (κ3) is 8.02. The number of hydrogen-bond donors (Lipinski definition) is 2. The van der Waals surface area contributed by atoms with Gasteiger partial charge in [0.1, 0.15) is 5.60 Å². The highest BCUT2D eigenvalue weighted by atomic mass is 16.6. The summed E-state index contributed by atoms with van der Waals surface area (Å²) in [6.45, 7) is 11.7. The van der Waals surface area contributed by atoms with Crippen LogP contribution in [0.4, 0.5) is 4.79 Å². The van der Waals surface area contributed by atoms with Gasteiger partial charge in [-0.15, -0.1) is 0 Å². The lowest BCUT2D eigenvalue weighted by Gasteiger charge is -2.27. The second-order valence-corrected chi connectivity index (χ2v) is 6.04. The van der Waals surface area contributed by atoms with Crippen LogP contribution in [-0.2, 0) is 4.74 Å². The smallest absolute Gasteiger partial charge is 0.407 e. The minimum Gasteiger partial charge on any atom is -0.444 e. The van der Waals surface area contributed by atoms with Gasteiger partial charge in [-0.25, -0.2) is 4.79 Å². The number of carbonyl (C=O) groups excluding carboxylic acids is 1. The lowest BCUT2D eigenvalue weighted by atomic mass is 9.94. The van der Waals surface area contributed by atoms with Crippen molar-refractivity contribution < 1.29 is 14.6 Å². The normalized spacial score (nSPS) is 15.5. The zero-order valence-electron chi connectivity index (χ0n) is 11.9. The number of aliphatic hydroxyl groups is 1. The van der Waals surface area contributed by atoms with Crippen LogP contribution in [0.25, 0.3) is 0 Å². The van der Waals surface area contributed by atoms with Crippen molar-refractivity contribution in [1.82, 2.24) is 5.32 Å². The maximum Gasteiger partial charge on any atom is 0.407 e. The summed E-state index contributed by atoms with van der Waals surface area (Å²) in [5, 5.41) is 12.0. The number of rotatable bonds is 5. The molecule has 0 radical (unpaired) electrons. The number of aliphatic hydroxyl groups excluding tert-OH is 1. The van der Waals surface area contributed by atoms with E-state index >= 15 is 0 Å². The highest BCUT2D eigenvalue weighted by Gasteiger charge is 2.23. The summed E-state index contributed by atoms with van der Waals surface area (Å²) in [6, 6.07) is -0.0464. The van der Waals surface area contributed by atoms with E-state index in [9.17, 15) is 9.90 Å². The first kappa shape index (κ1) is 16.2. The first-order valence-corrected chi connectivity index (χ1v) is 6.26. The molecule has 0 saturated heterocycles. The predicted molar refractivity (Wildman–Crippen MR) is 68.9 cm³/mol. The molecule has 0 aromatic carbocycles. The summed E-state index contributed by atoms with van der Waals surface area (Å²) in [5.74, 6) is 0.494. The van der Waals surface area contributed by atoms with E-state index in [0.717, 1.165) is 6.42 Å². The van der Waals surface area contributed by atoms with E-state index in [1.54, 1.807) is 0 Å². The molecule has 2 atom stereocenters. The Morgan fingerprint density at radius 3 is 2.18 bits per heavy atom. The van der Waals surface area contributed by atoms with E-state index < -0.39 is 11.7 Å². The molecule has 0 aromatic heterocycles. The van der Waals surface area contributed by atoms with Gasteiger partial charge in [-0.2, -0.15) is 0 Å². The number of alkyl carbamates (subject to hydrolysis) is 1. The Morgan fingerprint density at radius 1 is 1.29 bits per heavy atom. The summed E-state index contributed by atoms with van der Waals surface area (Å²) in [7, 11) is 0. The molecule has 0 heterocycles. The van der Waals surface area contributed by atoms with E-state index in [1.807, 2.05) is 27.7 Å². The third-order valence-electron chi connectivity index (χ3n) is 2.40. The molecule has 0 fully saturated rings. The SMILES string of the molecule is CC(C)CC(NC(=O)OC(C)(C)C)C(C)CO. The molecule has 4 heteroatoms. The molecule has 1 amide bonds. The van der Waals surface area contributed by atoms with Gasteiger partial charge in [-0.1, -0.05) is 20.8 Å². The van der Waals surface area contributed by atoms with Crippen molar-refractivity contribution in [2.45, 2.75) is 59.6 Å². The molecule has 0 rings (SSSR count). The Kier molecular flexibility index (Phi) is 6.53. The zero-order valence-corrected chi connectivity index (χ0v) is 11.9. The van der Waals surface area contributed by atoms with Crippen molar-refractivity contribution in [3.63, 3.8) is 0 Å². The van der Waals surface area contributed by atoms with Gasteiger partial charge in [0.15, 0.2) is 0 Å². The Morgan fingerprint density at radius 2 is 1.82 bits per heavy atom. The van der Waals surface area contributed by atoms with Crippen LogP contribution >= 0.6 is 0 Å². The monoisotopic (exact) mass is 245 g/mol.